The van der Waals surface area contributed by atoms with Crippen LogP contribution in [0.5, 0.6) is 0 Å². The number of nitrogens with one attached hydrogen (secondary N) is 3. The first kappa shape index (κ1) is 29.9. The molecule has 0 aromatic carbocycles. The van der Waals surface area contributed by atoms with Crippen molar-refractivity contribution < 1.29 is 0 Å². The normalized spacial score (nSPS) is 8.00. The lowest BCUT2D eigenvalue weighted by Crippen LogP contribution is -2.06. The number of rotatable bonds is 3. The van der Waals surface area contributed by atoms with E-state index < -0.39 is 0 Å². The standard InChI is InChI=1S/C6H12N6.C3Cl3N3.3CH5N/c1-7-4-10-5(8-2)12-6(9-3)11-4;4-1-7-2(5)9-3(6)8-1;3*1-2/h1-3H3,(H3,7,8,9,10,11,12);;3*2H2,1H3. The van der Waals surface area contributed by atoms with Gasteiger partial charge in [0.1, 0.15) is 0 Å². The second-order valence-electron chi connectivity index (χ2n) is 3.20. The van der Waals surface area contributed by atoms with Crippen molar-refractivity contribution in [2.24, 2.45) is 17.2 Å². The molecule has 0 atom stereocenters. The molecule has 2 rings (SSSR count). The SMILES string of the molecule is CN.CN.CN.CNc1nc(NC)nc(NC)n1.Clc1nc(Cl)nc(Cl)n1. The summed E-state index contributed by atoms with van der Waals surface area (Å²) in [6.45, 7) is 0. The fraction of sp³-hybridized carbons (Fsp3) is 0.500. The lowest BCUT2D eigenvalue weighted by atomic mass is 10.8. The highest BCUT2D eigenvalue weighted by Crippen LogP contribution is 2.09. The Morgan fingerprint density at radius 1 is 0.481 bits per heavy atom. The van der Waals surface area contributed by atoms with Crippen LogP contribution in [0.15, 0.2) is 0 Å². The van der Waals surface area contributed by atoms with Crippen molar-refractivity contribution in [3.05, 3.63) is 15.9 Å². The Hall–Kier alpha value is -1.83. The summed E-state index contributed by atoms with van der Waals surface area (Å²) in [6, 6.07) is 0. The van der Waals surface area contributed by atoms with Crippen LogP contribution >= 0.6 is 34.8 Å². The van der Waals surface area contributed by atoms with E-state index in [4.69, 9.17) is 34.8 Å². The number of halogens is 3. The van der Waals surface area contributed by atoms with Crippen LogP contribution in [0.1, 0.15) is 0 Å². The van der Waals surface area contributed by atoms with Crippen LogP contribution in [0, 0.1) is 0 Å². The predicted molar refractivity (Wildman–Crippen MR) is 114 cm³/mol. The van der Waals surface area contributed by atoms with Gasteiger partial charge in [-0.2, -0.15) is 29.9 Å². The van der Waals surface area contributed by atoms with Gasteiger partial charge < -0.3 is 33.2 Å². The van der Waals surface area contributed by atoms with Crippen LogP contribution < -0.4 is 33.2 Å². The van der Waals surface area contributed by atoms with Crippen molar-refractivity contribution in [1.82, 2.24) is 29.9 Å². The number of nitrogens with zero attached hydrogens (tertiary/aromatic N) is 6. The molecule has 2 heterocycles. The van der Waals surface area contributed by atoms with Gasteiger partial charge in [-0.15, -0.1) is 0 Å². The molecule has 0 amide bonds. The van der Waals surface area contributed by atoms with Crippen LogP contribution in [0.4, 0.5) is 17.8 Å². The Morgan fingerprint density at radius 3 is 0.815 bits per heavy atom. The smallest absolute Gasteiger partial charge is 0.229 e. The Morgan fingerprint density at radius 2 is 0.667 bits per heavy atom. The van der Waals surface area contributed by atoms with E-state index in [1.165, 1.54) is 21.1 Å². The summed E-state index contributed by atoms with van der Waals surface area (Å²) < 4.78 is 0. The van der Waals surface area contributed by atoms with Gasteiger partial charge in [-0.25, -0.2) is 0 Å². The molecule has 0 aliphatic heterocycles. The average Bonchev–Trinajstić information content (AvgIpc) is 2.71. The lowest BCUT2D eigenvalue weighted by Gasteiger charge is -2.04. The number of nitrogens with two attached hydrogens (primary N) is 3. The van der Waals surface area contributed by atoms with Gasteiger partial charge in [-0.1, -0.05) is 0 Å². The topological polar surface area (TPSA) is 191 Å². The van der Waals surface area contributed by atoms with Gasteiger partial charge in [-0.3, -0.25) is 0 Å². The average molecular weight is 446 g/mol. The van der Waals surface area contributed by atoms with Crippen molar-refractivity contribution in [1.29, 1.82) is 0 Å². The summed E-state index contributed by atoms with van der Waals surface area (Å²) >= 11 is 16.0. The van der Waals surface area contributed by atoms with Crippen molar-refractivity contribution >= 4 is 52.6 Å². The summed E-state index contributed by atoms with van der Waals surface area (Å²) in [6.07, 6.45) is 0. The number of hydrogen-bond donors (Lipinski definition) is 6. The Bertz CT molecular complexity index is 496. The molecule has 0 unspecified atom stereocenters. The Balaban J connectivity index is -0.000000341. The van der Waals surface area contributed by atoms with Crippen LogP contribution in [0.25, 0.3) is 0 Å². The molecule has 15 heteroatoms. The molecule has 12 nitrogen and oxygen atoms in total. The first-order valence-electron chi connectivity index (χ1n) is 7.23. The highest BCUT2D eigenvalue weighted by molar-refractivity contribution is 6.33. The number of aromatic nitrogens is 6. The van der Waals surface area contributed by atoms with E-state index in [0.717, 1.165) is 0 Å². The minimum Gasteiger partial charge on any atom is -0.357 e. The van der Waals surface area contributed by atoms with Crippen LogP contribution in [0.3, 0.4) is 0 Å². The number of anilines is 3. The first-order chi connectivity index (χ1) is 13.0. The van der Waals surface area contributed by atoms with Gasteiger partial charge in [-0.05, 0) is 55.9 Å². The lowest BCUT2D eigenvalue weighted by molar-refractivity contribution is 1.04. The van der Waals surface area contributed by atoms with Gasteiger partial charge in [0.05, 0.1) is 0 Å². The van der Waals surface area contributed by atoms with Gasteiger partial charge in [0.2, 0.25) is 33.7 Å². The zero-order valence-electron chi connectivity index (χ0n) is 16.0. The Labute approximate surface area is 174 Å². The molecule has 0 saturated heterocycles. The van der Waals surface area contributed by atoms with Gasteiger partial charge in [0.15, 0.2) is 0 Å². The molecule has 0 radical (unpaired) electrons. The van der Waals surface area contributed by atoms with Crippen LogP contribution in [0.2, 0.25) is 15.9 Å². The fourth-order valence-corrected chi connectivity index (χ4v) is 1.62. The zero-order valence-corrected chi connectivity index (χ0v) is 18.3. The molecule has 9 N–H and O–H groups in total. The van der Waals surface area contributed by atoms with Crippen molar-refractivity contribution in [2.75, 3.05) is 58.2 Å². The van der Waals surface area contributed by atoms with E-state index in [1.54, 1.807) is 21.1 Å². The van der Waals surface area contributed by atoms with E-state index >= 15 is 0 Å². The molecule has 0 bridgehead atoms. The molecular weight excluding hydrogens is 419 g/mol. The molecule has 27 heavy (non-hydrogen) atoms. The van der Waals surface area contributed by atoms with Gasteiger partial charge in [0, 0.05) is 21.1 Å². The quantitative estimate of drug-likeness (QED) is 0.385. The minimum atomic E-state index is 0.000000000000000444. The third-order valence-corrected chi connectivity index (χ3v) is 2.37. The predicted octanol–water partition coefficient (Wildman–Crippen LogP) is 0.553. The maximum absolute atomic E-state index is 5.32. The maximum atomic E-state index is 5.32. The molecule has 0 spiro atoms. The molecule has 2 aromatic rings. The Kier molecular flexibility index (Phi) is 22.7. The second kappa shape index (κ2) is 20.5. The molecule has 156 valence electrons. The number of hydrogen-bond acceptors (Lipinski definition) is 12. The van der Waals surface area contributed by atoms with Gasteiger partial charge >= 0.3 is 0 Å². The molecule has 0 fully saturated rings. The van der Waals surface area contributed by atoms with E-state index in [1.807, 2.05) is 0 Å². The summed E-state index contributed by atoms with van der Waals surface area (Å²) in [4.78, 5) is 22.5. The summed E-state index contributed by atoms with van der Waals surface area (Å²) in [7, 11) is 9.77. The van der Waals surface area contributed by atoms with Gasteiger partial charge in [0.25, 0.3) is 0 Å². The van der Waals surface area contributed by atoms with Crippen molar-refractivity contribution in [3.63, 3.8) is 0 Å². The largest absolute Gasteiger partial charge is 0.357 e. The molecule has 2 aromatic heterocycles. The van der Waals surface area contributed by atoms with E-state index in [9.17, 15) is 0 Å². The first-order valence-corrected chi connectivity index (χ1v) is 8.37. The van der Waals surface area contributed by atoms with Crippen LogP contribution in [-0.2, 0) is 0 Å². The monoisotopic (exact) mass is 444 g/mol. The molecular formula is C12H27Cl3N12. The van der Waals surface area contributed by atoms with Crippen LogP contribution in [-0.4, -0.2) is 72.2 Å². The van der Waals surface area contributed by atoms with Crippen molar-refractivity contribution in [2.45, 2.75) is 0 Å². The highest BCUT2D eigenvalue weighted by Gasteiger charge is 2.01. The maximum Gasteiger partial charge on any atom is 0.229 e. The van der Waals surface area contributed by atoms with E-state index in [0.29, 0.717) is 17.8 Å². The molecule has 0 aliphatic rings. The summed E-state index contributed by atoms with van der Waals surface area (Å²) in [5.41, 5.74) is 13.5. The van der Waals surface area contributed by atoms with E-state index in [2.05, 4.69) is 63.1 Å². The minimum absolute atomic E-state index is 0.000000000000000444. The molecule has 0 aliphatic carbocycles. The summed E-state index contributed by atoms with van der Waals surface area (Å²) in [5, 5.41) is 8.50. The third-order valence-electron chi connectivity index (χ3n) is 1.86. The van der Waals surface area contributed by atoms with E-state index in [-0.39, 0.29) is 15.9 Å². The van der Waals surface area contributed by atoms with Crippen molar-refractivity contribution in [3.8, 4) is 0 Å². The molecule has 0 saturated carbocycles. The fourth-order valence-electron chi connectivity index (χ4n) is 1.01. The second-order valence-corrected chi connectivity index (χ2v) is 4.21. The summed E-state index contributed by atoms with van der Waals surface area (Å²) in [5.74, 6) is 1.62. The zero-order chi connectivity index (χ0) is 21.8. The third kappa shape index (κ3) is 15.0. The highest BCUT2D eigenvalue weighted by atomic mass is 35.5.